The van der Waals surface area contributed by atoms with Crippen molar-refractivity contribution in [1.29, 1.82) is 0 Å². The van der Waals surface area contributed by atoms with Crippen LogP contribution in [0, 0.1) is 18.6 Å². The second-order valence-electron chi connectivity index (χ2n) is 6.49. The zero-order valence-corrected chi connectivity index (χ0v) is 15.4. The van der Waals surface area contributed by atoms with Gasteiger partial charge < -0.3 is 0 Å². The number of hydrogen-bond acceptors (Lipinski definition) is 3. The molecule has 0 aliphatic heterocycles. The first-order chi connectivity index (χ1) is 13.0. The average molecular weight is 388 g/mol. The molecule has 4 rings (SSSR count). The summed E-state index contributed by atoms with van der Waals surface area (Å²) in [5.74, 6) is -2.76. The predicted octanol–water partition coefficient (Wildman–Crippen LogP) is 4.61. The molecule has 0 unspecified atom stereocenters. The molecule has 3 aromatic rings. The normalized spacial score (nSPS) is 13.0. The quantitative estimate of drug-likeness (QED) is 0.616. The topological polar surface area (TPSA) is 46.1 Å². The van der Waals surface area contributed by atoms with Gasteiger partial charge in [0.2, 0.25) is 5.91 Å². The summed E-state index contributed by atoms with van der Waals surface area (Å²) in [5.41, 5.74) is 1.99. The summed E-state index contributed by atoms with van der Waals surface area (Å²) in [6, 6.07) is 6.91. The molecular formula is C20H16ClF2N3O. The summed E-state index contributed by atoms with van der Waals surface area (Å²) < 4.78 is 29.7. The molecule has 7 heteroatoms. The first kappa shape index (κ1) is 17.8. The summed E-state index contributed by atoms with van der Waals surface area (Å²) >= 11 is 5.78. The highest BCUT2D eigenvalue weighted by atomic mass is 35.5. The van der Waals surface area contributed by atoms with Crippen LogP contribution in [0.4, 0.5) is 20.3 Å². The number of hydrogen-bond donors (Lipinski definition) is 0. The van der Waals surface area contributed by atoms with E-state index in [1.54, 1.807) is 31.3 Å². The number of carbonyl (C=O) groups is 1. The van der Waals surface area contributed by atoms with Crippen molar-refractivity contribution < 1.29 is 13.6 Å². The van der Waals surface area contributed by atoms with E-state index in [4.69, 9.17) is 11.6 Å². The fraction of sp³-hybridized carbons (Fsp3) is 0.250. The Kier molecular flexibility index (Phi) is 4.52. The number of rotatable bonds is 3. The van der Waals surface area contributed by atoms with Gasteiger partial charge in [-0.1, -0.05) is 0 Å². The molecule has 0 atom stereocenters. The van der Waals surface area contributed by atoms with Gasteiger partial charge in [0.15, 0.2) is 17.3 Å². The lowest BCUT2D eigenvalue weighted by atomic mass is 10.00. The summed E-state index contributed by atoms with van der Waals surface area (Å²) in [6.07, 6.45) is 3.49. The number of carbonyl (C=O) groups excluding carboxylic acids is 1. The first-order valence-electron chi connectivity index (χ1n) is 8.63. The molecule has 1 aromatic carbocycles. The maximum Gasteiger partial charge on any atom is 0.247 e. The van der Waals surface area contributed by atoms with E-state index in [2.05, 4.69) is 9.97 Å². The molecule has 1 aliphatic rings. The van der Waals surface area contributed by atoms with E-state index in [0.29, 0.717) is 29.6 Å². The predicted molar refractivity (Wildman–Crippen MR) is 101 cm³/mol. The van der Waals surface area contributed by atoms with Gasteiger partial charge in [-0.2, -0.15) is 0 Å². The minimum Gasteiger partial charge on any atom is -0.273 e. The van der Waals surface area contributed by atoms with E-state index < -0.39 is 17.5 Å². The standard InChI is InChI=1S/C20H16ClF2N3O/c1-11-13-5-2-6-14(13)17(22)18(23)19(11)26(16(27)10-21)15-8-7-12-4-3-9-24-20(12)25-15/h3-4,7-9H,2,5-6,10H2,1H3. The van der Waals surface area contributed by atoms with Crippen LogP contribution in [-0.2, 0) is 17.6 Å². The number of halogens is 3. The molecule has 0 N–H and O–H groups in total. The Balaban J connectivity index is 1.96. The van der Waals surface area contributed by atoms with Gasteiger partial charge in [-0.15, -0.1) is 11.6 Å². The van der Waals surface area contributed by atoms with Crippen molar-refractivity contribution in [1.82, 2.24) is 9.97 Å². The summed E-state index contributed by atoms with van der Waals surface area (Å²) in [4.78, 5) is 22.2. The lowest BCUT2D eigenvalue weighted by Gasteiger charge is -2.25. The molecule has 0 spiro atoms. The van der Waals surface area contributed by atoms with E-state index in [1.807, 2.05) is 6.07 Å². The van der Waals surface area contributed by atoms with Crippen LogP contribution in [0.15, 0.2) is 30.5 Å². The molecule has 0 bridgehead atoms. The van der Waals surface area contributed by atoms with E-state index >= 15 is 4.39 Å². The van der Waals surface area contributed by atoms with Gasteiger partial charge in [-0.05, 0) is 67.1 Å². The number of benzene rings is 1. The van der Waals surface area contributed by atoms with Crippen molar-refractivity contribution in [2.24, 2.45) is 0 Å². The Morgan fingerprint density at radius 3 is 2.74 bits per heavy atom. The number of alkyl halides is 1. The van der Waals surface area contributed by atoms with Crippen LogP contribution in [0.2, 0.25) is 0 Å². The van der Waals surface area contributed by atoms with Crippen molar-refractivity contribution in [3.8, 4) is 0 Å². The number of nitrogens with zero attached hydrogens (tertiary/aromatic N) is 3. The van der Waals surface area contributed by atoms with Crippen LogP contribution in [0.5, 0.6) is 0 Å². The highest BCUT2D eigenvalue weighted by molar-refractivity contribution is 6.30. The van der Waals surface area contributed by atoms with Crippen molar-refractivity contribution in [2.75, 3.05) is 10.8 Å². The third-order valence-electron chi connectivity index (χ3n) is 4.96. The molecule has 2 aromatic heterocycles. The number of anilines is 2. The van der Waals surface area contributed by atoms with Gasteiger partial charge in [0.1, 0.15) is 11.7 Å². The fourth-order valence-corrected chi connectivity index (χ4v) is 3.82. The average Bonchev–Trinajstić information content (AvgIpc) is 3.19. The lowest BCUT2D eigenvalue weighted by molar-refractivity contribution is -0.115. The number of amides is 1. The molecule has 0 saturated carbocycles. The van der Waals surface area contributed by atoms with Gasteiger partial charge in [0, 0.05) is 11.6 Å². The molecule has 1 amide bonds. The number of fused-ring (bicyclic) bond motifs is 2. The van der Waals surface area contributed by atoms with Crippen molar-refractivity contribution >= 4 is 40.0 Å². The largest absolute Gasteiger partial charge is 0.273 e. The summed E-state index contributed by atoms with van der Waals surface area (Å²) in [6.45, 7) is 1.70. The highest BCUT2D eigenvalue weighted by Crippen LogP contribution is 2.39. The van der Waals surface area contributed by atoms with E-state index in [0.717, 1.165) is 22.3 Å². The zero-order valence-electron chi connectivity index (χ0n) is 14.6. The molecule has 2 heterocycles. The number of aromatic nitrogens is 2. The third kappa shape index (κ3) is 2.84. The lowest BCUT2D eigenvalue weighted by Crippen LogP contribution is -2.30. The Hall–Kier alpha value is -2.60. The first-order valence-corrected chi connectivity index (χ1v) is 9.16. The smallest absolute Gasteiger partial charge is 0.247 e. The molecule has 0 radical (unpaired) electrons. The van der Waals surface area contributed by atoms with Gasteiger partial charge in [0.25, 0.3) is 0 Å². The van der Waals surface area contributed by atoms with Gasteiger partial charge >= 0.3 is 0 Å². The van der Waals surface area contributed by atoms with Crippen LogP contribution in [0.25, 0.3) is 11.0 Å². The monoisotopic (exact) mass is 387 g/mol. The van der Waals surface area contributed by atoms with E-state index in [-0.39, 0.29) is 17.4 Å². The van der Waals surface area contributed by atoms with E-state index in [9.17, 15) is 9.18 Å². The van der Waals surface area contributed by atoms with Crippen molar-refractivity contribution in [3.05, 3.63) is 58.8 Å². The minimum absolute atomic E-state index is 0.124. The summed E-state index contributed by atoms with van der Waals surface area (Å²) in [7, 11) is 0. The number of pyridine rings is 2. The molecule has 27 heavy (non-hydrogen) atoms. The van der Waals surface area contributed by atoms with Crippen LogP contribution >= 0.6 is 11.6 Å². The molecule has 1 aliphatic carbocycles. The fourth-order valence-electron chi connectivity index (χ4n) is 3.70. The van der Waals surface area contributed by atoms with Crippen molar-refractivity contribution in [3.63, 3.8) is 0 Å². The van der Waals surface area contributed by atoms with Gasteiger partial charge in [-0.25, -0.2) is 18.7 Å². The minimum atomic E-state index is -1.05. The highest BCUT2D eigenvalue weighted by Gasteiger charge is 2.31. The SMILES string of the molecule is Cc1c2c(c(F)c(F)c1N(C(=O)CCl)c1ccc3cccnc3n1)CCC2. The molecule has 0 saturated heterocycles. The van der Waals surface area contributed by atoms with Crippen LogP contribution in [-0.4, -0.2) is 21.8 Å². The molecule has 138 valence electrons. The van der Waals surface area contributed by atoms with Gasteiger partial charge in [-0.3, -0.25) is 9.69 Å². The van der Waals surface area contributed by atoms with Crippen LogP contribution in [0.1, 0.15) is 23.1 Å². The van der Waals surface area contributed by atoms with Crippen LogP contribution in [0.3, 0.4) is 0 Å². The maximum absolute atomic E-state index is 15.0. The van der Waals surface area contributed by atoms with E-state index in [1.165, 1.54) is 0 Å². The van der Waals surface area contributed by atoms with Crippen molar-refractivity contribution in [2.45, 2.75) is 26.2 Å². The molecule has 0 fully saturated rings. The second kappa shape index (κ2) is 6.85. The zero-order chi connectivity index (χ0) is 19.1. The van der Waals surface area contributed by atoms with Crippen LogP contribution < -0.4 is 4.90 Å². The Labute approximate surface area is 159 Å². The maximum atomic E-state index is 15.0. The Bertz CT molecular complexity index is 1070. The molecule has 4 nitrogen and oxygen atoms in total. The van der Waals surface area contributed by atoms with Gasteiger partial charge in [0.05, 0.1) is 5.69 Å². The summed E-state index contributed by atoms with van der Waals surface area (Å²) in [5, 5.41) is 0.775. The Morgan fingerprint density at radius 2 is 1.96 bits per heavy atom. The molecular weight excluding hydrogens is 372 g/mol. The second-order valence-corrected chi connectivity index (χ2v) is 6.76. The third-order valence-corrected chi connectivity index (χ3v) is 5.19. The Morgan fingerprint density at radius 1 is 1.19 bits per heavy atom.